The van der Waals surface area contributed by atoms with Crippen molar-refractivity contribution < 1.29 is 0 Å². The molecule has 0 amide bonds. The van der Waals surface area contributed by atoms with E-state index in [0.717, 1.165) is 12.1 Å². The van der Waals surface area contributed by atoms with E-state index in [-0.39, 0.29) is 6.04 Å². The van der Waals surface area contributed by atoms with E-state index in [1.165, 1.54) is 15.6 Å². The van der Waals surface area contributed by atoms with Crippen LogP contribution in [0.1, 0.15) is 24.1 Å². The van der Waals surface area contributed by atoms with Crippen molar-refractivity contribution in [1.82, 2.24) is 5.32 Å². The van der Waals surface area contributed by atoms with Crippen LogP contribution in [0.5, 0.6) is 0 Å². The molecule has 1 aromatic heterocycles. The van der Waals surface area contributed by atoms with Crippen LogP contribution in [0, 0.1) is 0 Å². The molecule has 3 aromatic rings. The van der Waals surface area contributed by atoms with Crippen molar-refractivity contribution >= 4 is 44.6 Å². The standard InChI is InChI=1S/C17H15Cl2NS/c1-11(14-7-6-13(18)8-16(14)19)20-9-12-10-21-17-5-3-2-4-15(12)17/h2-8,10-11,20H,9H2,1H3. The van der Waals surface area contributed by atoms with E-state index in [9.17, 15) is 0 Å². The van der Waals surface area contributed by atoms with Gasteiger partial charge in [0.05, 0.1) is 0 Å². The number of thiophene rings is 1. The minimum Gasteiger partial charge on any atom is -0.306 e. The number of halogens is 2. The summed E-state index contributed by atoms with van der Waals surface area (Å²) < 4.78 is 1.33. The van der Waals surface area contributed by atoms with Gasteiger partial charge in [0.25, 0.3) is 0 Å². The third-order valence-electron chi connectivity index (χ3n) is 3.59. The highest BCUT2D eigenvalue weighted by molar-refractivity contribution is 7.17. The van der Waals surface area contributed by atoms with E-state index in [1.807, 2.05) is 12.1 Å². The van der Waals surface area contributed by atoms with Gasteiger partial charge in [0.15, 0.2) is 0 Å². The molecule has 1 nitrogen and oxygen atoms in total. The maximum absolute atomic E-state index is 6.26. The Kier molecular flexibility index (Phi) is 4.51. The average Bonchev–Trinajstić information content (AvgIpc) is 2.88. The topological polar surface area (TPSA) is 12.0 Å². The highest BCUT2D eigenvalue weighted by Crippen LogP contribution is 2.28. The first kappa shape index (κ1) is 14.9. The van der Waals surface area contributed by atoms with Crippen molar-refractivity contribution in [2.75, 3.05) is 0 Å². The van der Waals surface area contributed by atoms with Crippen molar-refractivity contribution in [3.8, 4) is 0 Å². The summed E-state index contributed by atoms with van der Waals surface area (Å²) in [7, 11) is 0. The van der Waals surface area contributed by atoms with E-state index >= 15 is 0 Å². The smallest absolute Gasteiger partial charge is 0.0468 e. The molecule has 0 spiro atoms. The lowest BCUT2D eigenvalue weighted by molar-refractivity contribution is 0.577. The summed E-state index contributed by atoms with van der Waals surface area (Å²) in [5, 5.41) is 8.45. The molecular formula is C17H15Cl2NS. The normalized spacial score (nSPS) is 12.7. The van der Waals surface area contributed by atoms with Crippen molar-refractivity contribution in [1.29, 1.82) is 0 Å². The molecule has 1 N–H and O–H groups in total. The van der Waals surface area contributed by atoms with Crippen LogP contribution in [0.4, 0.5) is 0 Å². The summed E-state index contributed by atoms with van der Waals surface area (Å²) in [6, 6.07) is 14.3. The summed E-state index contributed by atoms with van der Waals surface area (Å²) >= 11 is 14.0. The van der Waals surface area contributed by atoms with Gasteiger partial charge in [-0.3, -0.25) is 0 Å². The van der Waals surface area contributed by atoms with Crippen LogP contribution in [-0.2, 0) is 6.54 Å². The second kappa shape index (κ2) is 6.37. The van der Waals surface area contributed by atoms with Crippen molar-refractivity contribution in [3.63, 3.8) is 0 Å². The fraction of sp³-hybridized carbons (Fsp3) is 0.176. The highest BCUT2D eigenvalue weighted by Gasteiger charge is 2.11. The molecule has 1 unspecified atom stereocenters. The molecule has 0 fully saturated rings. The second-order valence-corrected chi connectivity index (χ2v) is 6.78. The zero-order chi connectivity index (χ0) is 14.8. The van der Waals surface area contributed by atoms with Gasteiger partial charge in [-0.15, -0.1) is 11.3 Å². The van der Waals surface area contributed by atoms with E-state index in [0.29, 0.717) is 10.0 Å². The maximum Gasteiger partial charge on any atom is 0.0468 e. The van der Waals surface area contributed by atoms with Crippen LogP contribution in [-0.4, -0.2) is 0 Å². The van der Waals surface area contributed by atoms with Gasteiger partial charge in [0, 0.05) is 27.3 Å². The van der Waals surface area contributed by atoms with Gasteiger partial charge in [0.2, 0.25) is 0 Å². The Bertz CT molecular complexity index is 766. The number of rotatable bonds is 4. The van der Waals surface area contributed by atoms with E-state index < -0.39 is 0 Å². The minimum atomic E-state index is 0.174. The molecule has 4 heteroatoms. The molecule has 0 radical (unpaired) electrons. The number of benzene rings is 2. The molecular weight excluding hydrogens is 321 g/mol. The number of hydrogen-bond acceptors (Lipinski definition) is 2. The van der Waals surface area contributed by atoms with E-state index in [2.05, 4.69) is 41.9 Å². The average molecular weight is 336 g/mol. The zero-order valence-corrected chi connectivity index (χ0v) is 13.9. The van der Waals surface area contributed by atoms with Gasteiger partial charge in [-0.25, -0.2) is 0 Å². The molecule has 0 aliphatic carbocycles. The van der Waals surface area contributed by atoms with Crippen molar-refractivity contribution in [2.24, 2.45) is 0 Å². The molecule has 108 valence electrons. The van der Waals surface area contributed by atoms with Crippen molar-refractivity contribution in [3.05, 3.63) is 69.0 Å². The number of fused-ring (bicyclic) bond motifs is 1. The van der Waals surface area contributed by atoms with Gasteiger partial charge in [-0.1, -0.05) is 47.5 Å². The van der Waals surface area contributed by atoms with E-state index in [4.69, 9.17) is 23.2 Å². The van der Waals surface area contributed by atoms with Gasteiger partial charge < -0.3 is 5.32 Å². The molecule has 1 heterocycles. The third-order valence-corrected chi connectivity index (χ3v) is 5.16. The quantitative estimate of drug-likeness (QED) is 0.611. The summed E-state index contributed by atoms with van der Waals surface area (Å²) in [5.74, 6) is 0. The fourth-order valence-electron chi connectivity index (χ4n) is 2.40. The number of nitrogens with one attached hydrogen (secondary N) is 1. The predicted molar refractivity (Wildman–Crippen MR) is 93.5 cm³/mol. The highest BCUT2D eigenvalue weighted by atomic mass is 35.5. The Hall–Kier alpha value is -1.06. The molecule has 0 saturated heterocycles. The van der Waals surface area contributed by atoms with Crippen LogP contribution in [0.2, 0.25) is 10.0 Å². The third kappa shape index (κ3) is 3.24. The largest absolute Gasteiger partial charge is 0.306 e. The Balaban J connectivity index is 1.75. The van der Waals surface area contributed by atoms with Crippen LogP contribution < -0.4 is 5.32 Å². The second-order valence-electron chi connectivity index (χ2n) is 5.03. The van der Waals surface area contributed by atoms with Crippen LogP contribution in [0.15, 0.2) is 47.8 Å². The van der Waals surface area contributed by atoms with Crippen LogP contribution >= 0.6 is 34.5 Å². The molecule has 0 aliphatic heterocycles. The van der Waals surface area contributed by atoms with Gasteiger partial charge in [-0.2, -0.15) is 0 Å². The fourth-order valence-corrected chi connectivity index (χ4v) is 3.93. The van der Waals surface area contributed by atoms with Crippen LogP contribution in [0.25, 0.3) is 10.1 Å². The maximum atomic E-state index is 6.26. The predicted octanol–water partition coefficient (Wildman–Crippen LogP) is 6.06. The van der Waals surface area contributed by atoms with Gasteiger partial charge >= 0.3 is 0 Å². The van der Waals surface area contributed by atoms with Gasteiger partial charge in [-0.05, 0) is 47.0 Å². The van der Waals surface area contributed by atoms with Crippen molar-refractivity contribution in [2.45, 2.75) is 19.5 Å². The lowest BCUT2D eigenvalue weighted by Gasteiger charge is -2.15. The lowest BCUT2D eigenvalue weighted by atomic mass is 10.1. The van der Waals surface area contributed by atoms with Gasteiger partial charge in [0.1, 0.15) is 0 Å². The Morgan fingerprint density at radius 3 is 2.76 bits per heavy atom. The lowest BCUT2D eigenvalue weighted by Crippen LogP contribution is -2.18. The monoisotopic (exact) mass is 335 g/mol. The van der Waals surface area contributed by atoms with Crippen LogP contribution in [0.3, 0.4) is 0 Å². The minimum absolute atomic E-state index is 0.174. The molecule has 0 aliphatic rings. The number of hydrogen-bond donors (Lipinski definition) is 1. The Labute approximate surface area is 138 Å². The van der Waals surface area contributed by atoms with E-state index in [1.54, 1.807) is 17.4 Å². The molecule has 1 atom stereocenters. The Morgan fingerprint density at radius 2 is 1.95 bits per heavy atom. The summed E-state index contributed by atoms with van der Waals surface area (Å²) in [6.07, 6.45) is 0. The molecule has 2 aromatic carbocycles. The molecule has 0 bridgehead atoms. The summed E-state index contributed by atoms with van der Waals surface area (Å²) in [5.41, 5.74) is 2.40. The zero-order valence-electron chi connectivity index (χ0n) is 11.6. The SMILES string of the molecule is CC(NCc1csc2ccccc12)c1ccc(Cl)cc1Cl. The molecule has 0 saturated carbocycles. The first-order valence-corrected chi connectivity index (χ1v) is 8.42. The first-order valence-electron chi connectivity index (χ1n) is 6.78. The molecule has 3 rings (SSSR count). The molecule has 21 heavy (non-hydrogen) atoms. The summed E-state index contributed by atoms with van der Waals surface area (Å²) in [6.45, 7) is 2.94. The Morgan fingerprint density at radius 1 is 1.14 bits per heavy atom. The summed E-state index contributed by atoms with van der Waals surface area (Å²) in [4.78, 5) is 0. The first-order chi connectivity index (χ1) is 10.1.